The molecule has 0 radical (unpaired) electrons. The van der Waals surface area contributed by atoms with Crippen molar-refractivity contribution in [2.24, 2.45) is 0 Å². The van der Waals surface area contributed by atoms with Crippen molar-refractivity contribution >= 4 is 40.9 Å². The molecule has 5 nitrogen and oxygen atoms in total. The maximum Gasteiger partial charge on any atom is 0.248 e. The van der Waals surface area contributed by atoms with Crippen molar-refractivity contribution in [2.45, 2.75) is 38.7 Å². The first-order valence-corrected chi connectivity index (χ1v) is 9.70. The Morgan fingerprint density at radius 2 is 1.86 bits per heavy atom. The van der Waals surface area contributed by atoms with Gasteiger partial charge in [-0.1, -0.05) is 23.7 Å². The molecule has 0 aliphatic heterocycles. The summed E-state index contributed by atoms with van der Waals surface area (Å²) in [6.45, 7) is 1.40. The summed E-state index contributed by atoms with van der Waals surface area (Å²) in [4.78, 5) is 23.6. The maximum atomic E-state index is 12.3. The first-order valence-electron chi connectivity index (χ1n) is 9.32. The van der Waals surface area contributed by atoms with Gasteiger partial charge in [0.1, 0.15) is 5.75 Å². The topological polar surface area (TPSA) is 67.4 Å². The van der Waals surface area contributed by atoms with E-state index in [0.29, 0.717) is 16.4 Å². The summed E-state index contributed by atoms with van der Waals surface area (Å²) in [5, 5.41) is 5.88. The largest absolute Gasteiger partial charge is 0.490 e. The van der Waals surface area contributed by atoms with Crippen LogP contribution in [0.4, 0.5) is 11.4 Å². The highest BCUT2D eigenvalue weighted by molar-refractivity contribution is 6.31. The van der Waals surface area contributed by atoms with E-state index < -0.39 is 0 Å². The molecule has 1 aliphatic rings. The molecule has 28 heavy (non-hydrogen) atoms. The Labute approximate surface area is 169 Å². The molecule has 3 rings (SSSR count). The molecule has 0 unspecified atom stereocenters. The number of rotatable bonds is 6. The van der Waals surface area contributed by atoms with Crippen LogP contribution in [0.2, 0.25) is 5.02 Å². The van der Waals surface area contributed by atoms with E-state index in [1.54, 1.807) is 24.3 Å². The van der Waals surface area contributed by atoms with Gasteiger partial charge >= 0.3 is 0 Å². The summed E-state index contributed by atoms with van der Waals surface area (Å²) in [7, 11) is 0. The number of carbonyl (C=O) groups excluding carboxylic acids is 2. The summed E-state index contributed by atoms with van der Waals surface area (Å²) in [5.74, 6) is 0.265. The summed E-state index contributed by atoms with van der Waals surface area (Å²) >= 11 is 6.00. The van der Waals surface area contributed by atoms with Gasteiger partial charge in [-0.2, -0.15) is 0 Å². The van der Waals surface area contributed by atoms with Crippen LogP contribution in [0.3, 0.4) is 0 Å². The van der Waals surface area contributed by atoms with Gasteiger partial charge in [-0.15, -0.1) is 0 Å². The molecule has 1 fully saturated rings. The number of hydrogen-bond acceptors (Lipinski definition) is 3. The van der Waals surface area contributed by atoms with Gasteiger partial charge < -0.3 is 15.4 Å². The lowest BCUT2D eigenvalue weighted by molar-refractivity contribution is -0.114. The van der Waals surface area contributed by atoms with Gasteiger partial charge in [0, 0.05) is 18.0 Å². The highest BCUT2D eigenvalue weighted by atomic mass is 35.5. The minimum atomic E-state index is -0.323. The van der Waals surface area contributed by atoms with E-state index in [2.05, 4.69) is 10.6 Å². The zero-order valence-electron chi connectivity index (χ0n) is 15.7. The monoisotopic (exact) mass is 398 g/mol. The van der Waals surface area contributed by atoms with Crippen molar-refractivity contribution in [2.75, 3.05) is 10.6 Å². The SMILES string of the molecule is CC(=O)Nc1ccc(Cl)cc1NC(=O)/C=C/c1cccc(OC2CCCC2)c1. The van der Waals surface area contributed by atoms with E-state index in [9.17, 15) is 9.59 Å². The van der Waals surface area contributed by atoms with Gasteiger partial charge in [0.2, 0.25) is 11.8 Å². The van der Waals surface area contributed by atoms with Gasteiger partial charge in [-0.3, -0.25) is 9.59 Å². The minimum absolute atomic E-state index is 0.229. The van der Waals surface area contributed by atoms with Crippen molar-refractivity contribution < 1.29 is 14.3 Å². The molecule has 1 aliphatic carbocycles. The molecule has 2 N–H and O–H groups in total. The van der Waals surface area contributed by atoms with Crippen molar-refractivity contribution in [3.63, 3.8) is 0 Å². The third-order valence-electron chi connectivity index (χ3n) is 4.44. The second-order valence-electron chi connectivity index (χ2n) is 6.79. The summed E-state index contributed by atoms with van der Waals surface area (Å²) in [5.41, 5.74) is 1.81. The van der Waals surface area contributed by atoms with Gasteiger partial charge in [-0.05, 0) is 67.7 Å². The number of amides is 2. The number of halogens is 1. The predicted molar refractivity (Wildman–Crippen MR) is 113 cm³/mol. The highest BCUT2D eigenvalue weighted by Gasteiger charge is 2.16. The molecule has 0 saturated heterocycles. The molecule has 1 saturated carbocycles. The summed E-state index contributed by atoms with van der Waals surface area (Å²) < 4.78 is 5.99. The number of carbonyl (C=O) groups is 2. The van der Waals surface area contributed by atoms with Crippen LogP contribution in [0, 0.1) is 0 Å². The average Bonchev–Trinajstić information content (AvgIpc) is 3.15. The van der Waals surface area contributed by atoms with Crippen molar-refractivity contribution in [1.29, 1.82) is 0 Å². The standard InChI is InChI=1S/C22H23ClN2O3/c1-15(26)24-20-11-10-17(23)14-21(20)25-22(27)12-9-16-5-4-8-19(13-16)28-18-6-2-3-7-18/h4-5,8-14,18H,2-3,6-7H2,1H3,(H,24,26)(H,25,27)/b12-9+. The van der Waals surface area contributed by atoms with E-state index in [-0.39, 0.29) is 17.9 Å². The molecule has 6 heteroatoms. The van der Waals surface area contributed by atoms with E-state index in [1.165, 1.54) is 25.8 Å². The Hall–Kier alpha value is -2.79. The number of benzene rings is 2. The van der Waals surface area contributed by atoms with Crippen molar-refractivity contribution in [3.05, 3.63) is 59.1 Å². The number of nitrogens with one attached hydrogen (secondary N) is 2. The van der Waals surface area contributed by atoms with Crippen LogP contribution in [-0.4, -0.2) is 17.9 Å². The molecule has 146 valence electrons. The predicted octanol–water partition coefficient (Wildman–Crippen LogP) is 5.27. The molecule has 2 aromatic carbocycles. The third kappa shape index (κ3) is 5.86. The average molecular weight is 399 g/mol. The molecule has 2 aromatic rings. The smallest absolute Gasteiger partial charge is 0.248 e. The molecule has 0 spiro atoms. The van der Waals surface area contributed by atoms with Crippen LogP contribution in [0.25, 0.3) is 6.08 Å². The molecule has 0 atom stereocenters. The molecular weight excluding hydrogens is 376 g/mol. The van der Waals surface area contributed by atoms with E-state index in [4.69, 9.17) is 16.3 Å². The molecule has 0 heterocycles. The summed E-state index contributed by atoms with van der Waals surface area (Å²) in [6.07, 6.45) is 8.07. The Bertz CT molecular complexity index is 889. The molecule has 2 amide bonds. The van der Waals surface area contributed by atoms with E-state index >= 15 is 0 Å². The fraction of sp³-hybridized carbons (Fsp3) is 0.273. The second-order valence-corrected chi connectivity index (χ2v) is 7.23. The minimum Gasteiger partial charge on any atom is -0.490 e. The fourth-order valence-corrected chi connectivity index (χ4v) is 3.33. The number of ether oxygens (including phenoxy) is 1. The Balaban J connectivity index is 1.65. The van der Waals surface area contributed by atoms with Gasteiger partial charge in [0.25, 0.3) is 0 Å². The van der Waals surface area contributed by atoms with E-state index in [1.807, 2.05) is 24.3 Å². The van der Waals surface area contributed by atoms with Crippen LogP contribution in [0.1, 0.15) is 38.2 Å². The lowest BCUT2D eigenvalue weighted by atomic mass is 10.2. The molecular formula is C22H23ClN2O3. The van der Waals surface area contributed by atoms with Crippen LogP contribution in [0.5, 0.6) is 5.75 Å². The number of anilines is 2. The quantitative estimate of drug-likeness (QED) is 0.651. The van der Waals surface area contributed by atoms with Crippen LogP contribution in [-0.2, 0) is 9.59 Å². The zero-order valence-corrected chi connectivity index (χ0v) is 16.5. The third-order valence-corrected chi connectivity index (χ3v) is 4.68. The second kappa shape index (κ2) is 9.42. The van der Waals surface area contributed by atoms with Crippen molar-refractivity contribution in [3.8, 4) is 5.75 Å². The van der Waals surface area contributed by atoms with E-state index in [0.717, 1.165) is 24.2 Å². The Morgan fingerprint density at radius 1 is 1.07 bits per heavy atom. The lowest BCUT2D eigenvalue weighted by Gasteiger charge is -2.13. The maximum absolute atomic E-state index is 12.3. The zero-order chi connectivity index (χ0) is 19.9. The Morgan fingerprint density at radius 3 is 2.61 bits per heavy atom. The molecule has 0 bridgehead atoms. The highest BCUT2D eigenvalue weighted by Crippen LogP contribution is 2.26. The molecule has 0 aromatic heterocycles. The van der Waals surface area contributed by atoms with Gasteiger partial charge in [0.15, 0.2) is 0 Å². The number of hydrogen-bond donors (Lipinski definition) is 2. The van der Waals surface area contributed by atoms with Crippen LogP contribution < -0.4 is 15.4 Å². The summed E-state index contributed by atoms with van der Waals surface area (Å²) in [6, 6.07) is 12.6. The van der Waals surface area contributed by atoms with Gasteiger partial charge in [-0.25, -0.2) is 0 Å². The normalized spacial score (nSPS) is 14.2. The first-order chi connectivity index (χ1) is 13.5. The lowest BCUT2D eigenvalue weighted by Crippen LogP contribution is -2.13. The van der Waals surface area contributed by atoms with Crippen LogP contribution >= 0.6 is 11.6 Å². The van der Waals surface area contributed by atoms with Gasteiger partial charge in [0.05, 0.1) is 17.5 Å². The van der Waals surface area contributed by atoms with Crippen molar-refractivity contribution in [1.82, 2.24) is 0 Å². The first kappa shape index (κ1) is 20.0. The fourth-order valence-electron chi connectivity index (χ4n) is 3.16. The Kier molecular flexibility index (Phi) is 6.71. The van der Waals surface area contributed by atoms with Crippen LogP contribution in [0.15, 0.2) is 48.5 Å².